The molecular formula is C16H15NO4. The number of ether oxygens (including phenoxy) is 1. The summed E-state index contributed by atoms with van der Waals surface area (Å²) >= 11 is 0. The molecule has 0 heterocycles. The number of nitro benzene ring substituents is 1. The van der Waals surface area contributed by atoms with E-state index in [1.807, 2.05) is 26.0 Å². The van der Waals surface area contributed by atoms with Gasteiger partial charge in [0.15, 0.2) is 0 Å². The van der Waals surface area contributed by atoms with E-state index in [0.29, 0.717) is 11.3 Å². The third kappa shape index (κ3) is 3.25. The van der Waals surface area contributed by atoms with Crippen LogP contribution in [0.3, 0.4) is 0 Å². The molecule has 0 saturated carbocycles. The van der Waals surface area contributed by atoms with E-state index in [2.05, 4.69) is 0 Å². The monoisotopic (exact) mass is 285 g/mol. The summed E-state index contributed by atoms with van der Waals surface area (Å²) in [5.41, 5.74) is 2.65. The van der Waals surface area contributed by atoms with Gasteiger partial charge in [-0.2, -0.15) is 0 Å². The van der Waals surface area contributed by atoms with Crippen LogP contribution in [-0.2, 0) is 0 Å². The highest BCUT2D eigenvalue weighted by atomic mass is 16.6. The maximum absolute atomic E-state index is 12.1. The fraction of sp³-hybridized carbons (Fsp3) is 0.188. The predicted octanol–water partition coefficient (Wildman–Crippen LogP) is 3.74. The molecule has 2 rings (SSSR count). The molecular weight excluding hydrogens is 270 g/mol. The fourth-order valence-corrected chi connectivity index (χ4v) is 2.06. The van der Waals surface area contributed by atoms with Gasteiger partial charge in [0.05, 0.1) is 10.5 Å². The molecule has 0 aromatic heterocycles. The van der Waals surface area contributed by atoms with Crippen molar-refractivity contribution in [2.75, 3.05) is 0 Å². The number of hydrogen-bond donors (Lipinski definition) is 0. The second kappa shape index (κ2) is 5.75. The largest absolute Gasteiger partial charge is 0.423 e. The van der Waals surface area contributed by atoms with Crippen LogP contribution in [0.5, 0.6) is 5.75 Å². The van der Waals surface area contributed by atoms with Crippen molar-refractivity contribution in [1.29, 1.82) is 0 Å². The molecule has 21 heavy (non-hydrogen) atoms. The van der Waals surface area contributed by atoms with Crippen molar-refractivity contribution in [2.24, 2.45) is 0 Å². The van der Waals surface area contributed by atoms with Gasteiger partial charge in [0.2, 0.25) is 0 Å². The first-order chi connectivity index (χ1) is 9.88. The zero-order valence-electron chi connectivity index (χ0n) is 12.0. The number of hydrogen-bond acceptors (Lipinski definition) is 4. The van der Waals surface area contributed by atoms with E-state index in [0.717, 1.165) is 11.1 Å². The van der Waals surface area contributed by atoms with E-state index in [1.54, 1.807) is 13.0 Å². The van der Waals surface area contributed by atoms with Gasteiger partial charge in [0.1, 0.15) is 5.75 Å². The van der Waals surface area contributed by atoms with E-state index >= 15 is 0 Å². The van der Waals surface area contributed by atoms with Crippen LogP contribution >= 0.6 is 0 Å². The second-order valence-electron chi connectivity index (χ2n) is 4.92. The van der Waals surface area contributed by atoms with Crippen molar-refractivity contribution >= 4 is 11.7 Å². The van der Waals surface area contributed by atoms with Gasteiger partial charge in [-0.1, -0.05) is 17.7 Å². The van der Waals surface area contributed by atoms with E-state index in [4.69, 9.17) is 4.74 Å². The Labute approximate surface area is 122 Å². The summed E-state index contributed by atoms with van der Waals surface area (Å²) in [6, 6.07) is 9.69. The number of nitrogens with zero attached hydrogens (tertiary/aromatic N) is 1. The number of carbonyl (C=O) groups is 1. The molecule has 0 fully saturated rings. The quantitative estimate of drug-likeness (QED) is 0.373. The molecule has 5 nitrogen and oxygen atoms in total. The maximum atomic E-state index is 12.1. The van der Waals surface area contributed by atoms with Crippen LogP contribution in [0.15, 0.2) is 36.4 Å². The van der Waals surface area contributed by atoms with E-state index in [9.17, 15) is 14.9 Å². The minimum absolute atomic E-state index is 0.0157. The Kier molecular flexibility index (Phi) is 4.03. The molecule has 0 unspecified atom stereocenters. The molecule has 0 saturated heterocycles. The van der Waals surface area contributed by atoms with Gasteiger partial charge in [-0.15, -0.1) is 0 Å². The van der Waals surface area contributed by atoms with Gasteiger partial charge in [0.25, 0.3) is 5.69 Å². The number of rotatable bonds is 3. The van der Waals surface area contributed by atoms with Crippen LogP contribution in [0, 0.1) is 30.9 Å². The molecule has 0 N–H and O–H groups in total. The highest BCUT2D eigenvalue weighted by Crippen LogP contribution is 2.22. The van der Waals surface area contributed by atoms with Crippen molar-refractivity contribution in [1.82, 2.24) is 0 Å². The molecule has 0 spiro atoms. The molecule has 0 aliphatic carbocycles. The third-order valence-corrected chi connectivity index (χ3v) is 3.16. The Balaban J connectivity index is 2.24. The van der Waals surface area contributed by atoms with Gasteiger partial charge in [-0.25, -0.2) is 4.79 Å². The molecule has 0 aliphatic heterocycles. The first-order valence-electron chi connectivity index (χ1n) is 6.43. The van der Waals surface area contributed by atoms with Crippen LogP contribution in [0.1, 0.15) is 27.0 Å². The second-order valence-corrected chi connectivity index (χ2v) is 4.92. The lowest BCUT2D eigenvalue weighted by Gasteiger charge is -2.08. The van der Waals surface area contributed by atoms with Crippen molar-refractivity contribution < 1.29 is 14.5 Å². The number of carbonyl (C=O) groups excluding carboxylic acids is 1. The zero-order chi connectivity index (χ0) is 15.6. The number of nitro groups is 1. The summed E-state index contributed by atoms with van der Waals surface area (Å²) in [5, 5.41) is 10.8. The normalized spacial score (nSPS) is 10.2. The molecule has 0 bridgehead atoms. The Morgan fingerprint density at radius 1 is 1.05 bits per heavy atom. The Bertz CT molecular complexity index is 722. The SMILES string of the molecule is Cc1ccc(OC(=O)c2ccc([N+](=O)[O-])c(C)c2)c(C)c1. The van der Waals surface area contributed by atoms with Crippen molar-refractivity contribution in [2.45, 2.75) is 20.8 Å². The van der Waals surface area contributed by atoms with Gasteiger partial charge < -0.3 is 4.74 Å². The Morgan fingerprint density at radius 3 is 2.33 bits per heavy atom. The minimum atomic E-state index is -0.528. The smallest absolute Gasteiger partial charge is 0.343 e. The van der Waals surface area contributed by atoms with Crippen LogP contribution < -0.4 is 4.74 Å². The highest BCUT2D eigenvalue weighted by molar-refractivity contribution is 5.91. The molecule has 0 aliphatic rings. The fourth-order valence-electron chi connectivity index (χ4n) is 2.06. The first kappa shape index (κ1) is 14.7. The van der Waals surface area contributed by atoms with Crippen LogP contribution in [0.2, 0.25) is 0 Å². The van der Waals surface area contributed by atoms with Gasteiger partial charge in [-0.3, -0.25) is 10.1 Å². The van der Waals surface area contributed by atoms with Gasteiger partial charge >= 0.3 is 5.97 Å². The Morgan fingerprint density at radius 2 is 1.76 bits per heavy atom. The third-order valence-electron chi connectivity index (χ3n) is 3.16. The zero-order valence-corrected chi connectivity index (χ0v) is 12.0. The van der Waals surface area contributed by atoms with E-state index in [1.165, 1.54) is 18.2 Å². The molecule has 2 aromatic carbocycles. The van der Waals surface area contributed by atoms with Gasteiger partial charge in [-0.05, 0) is 44.5 Å². The van der Waals surface area contributed by atoms with Gasteiger partial charge in [0, 0.05) is 11.6 Å². The topological polar surface area (TPSA) is 69.4 Å². The van der Waals surface area contributed by atoms with Crippen LogP contribution in [0.25, 0.3) is 0 Å². The average molecular weight is 285 g/mol. The maximum Gasteiger partial charge on any atom is 0.343 e. The summed E-state index contributed by atoms with van der Waals surface area (Å²) in [6.45, 7) is 5.40. The lowest BCUT2D eigenvalue weighted by atomic mass is 10.1. The first-order valence-corrected chi connectivity index (χ1v) is 6.43. The predicted molar refractivity (Wildman–Crippen MR) is 78.7 cm³/mol. The lowest BCUT2D eigenvalue weighted by molar-refractivity contribution is -0.385. The van der Waals surface area contributed by atoms with Crippen molar-refractivity contribution in [3.8, 4) is 5.75 Å². The Hall–Kier alpha value is -2.69. The highest BCUT2D eigenvalue weighted by Gasteiger charge is 2.15. The van der Waals surface area contributed by atoms with E-state index < -0.39 is 10.9 Å². The molecule has 0 atom stereocenters. The van der Waals surface area contributed by atoms with E-state index in [-0.39, 0.29) is 11.3 Å². The minimum Gasteiger partial charge on any atom is -0.423 e. The molecule has 0 amide bonds. The standard InChI is InChI=1S/C16H15NO4/c1-10-4-7-15(12(3)8-10)21-16(18)13-5-6-14(17(19)20)11(2)9-13/h4-9H,1-3H3. The van der Waals surface area contributed by atoms with Crippen molar-refractivity contribution in [3.05, 3.63) is 68.8 Å². The van der Waals surface area contributed by atoms with Crippen LogP contribution in [0.4, 0.5) is 5.69 Å². The summed E-state index contributed by atoms with van der Waals surface area (Å²) < 4.78 is 5.33. The summed E-state index contributed by atoms with van der Waals surface area (Å²) in [6.07, 6.45) is 0. The summed E-state index contributed by atoms with van der Waals surface area (Å²) in [5.74, 6) is -0.0402. The summed E-state index contributed by atoms with van der Waals surface area (Å²) in [7, 11) is 0. The molecule has 0 radical (unpaired) electrons. The van der Waals surface area contributed by atoms with Crippen molar-refractivity contribution in [3.63, 3.8) is 0 Å². The lowest BCUT2D eigenvalue weighted by Crippen LogP contribution is -2.10. The molecule has 5 heteroatoms. The molecule has 108 valence electrons. The number of esters is 1. The summed E-state index contributed by atoms with van der Waals surface area (Å²) in [4.78, 5) is 22.4. The molecule has 2 aromatic rings. The number of aryl methyl sites for hydroxylation is 3. The van der Waals surface area contributed by atoms with Crippen LogP contribution in [-0.4, -0.2) is 10.9 Å². The average Bonchev–Trinajstić information content (AvgIpc) is 2.41. The number of benzene rings is 2.